The first-order chi connectivity index (χ1) is 20.0. The molecule has 42 heavy (non-hydrogen) atoms. The zero-order valence-electron chi connectivity index (χ0n) is 25.8. The van der Waals surface area contributed by atoms with Crippen LogP contribution in [0.25, 0.3) is 0 Å². The van der Waals surface area contributed by atoms with Crippen molar-refractivity contribution in [1.82, 2.24) is 15.5 Å². The van der Waals surface area contributed by atoms with Crippen molar-refractivity contribution >= 4 is 35.0 Å². The Labute approximate surface area is 256 Å². The Morgan fingerprint density at radius 2 is 1.81 bits per heavy atom. The van der Waals surface area contributed by atoms with Crippen LogP contribution in [0.15, 0.2) is 60.7 Å². The van der Waals surface area contributed by atoms with Crippen LogP contribution in [-0.2, 0) is 16.0 Å². The predicted octanol–water partition coefficient (Wildman–Crippen LogP) is 6.02. The summed E-state index contributed by atoms with van der Waals surface area (Å²) >= 11 is 6.34. The van der Waals surface area contributed by atoms with Gasteiger partial charge < -0.3 is 20.4 Å². The van der Waals surface area contributed by atoms with Crippen LogP contribution in [0.5, 0.6) is 0 Å². The maximum absolute atomic E-state index is 13.7. The van der Waals surface area contributed by atoms with Crippen LogP contribution in [0, 0.1) is 5.92 Å². The fraction of sp³-hybridized carbons (Fsp3) is 0.500. The van der Waals surface area contributed by atoms with Crippen LogP contribution in [0.4, 0.5) is 5.69 Å². The summed E-state index contributed by atoms with van der Waals surface area (Å²) in [4.78, 5) is 43.6. The standard InChI is InChI=1S/C34H47ClN4O3/c1-7-12-26(17-16-25-13-9-8-10-14-25)29(21-23(2)3)37-33(41)31-15-11-20-39(31)34(42)24(4)36-32(40)27-18-19-30(38(5)6)28(35)22-27/h8-10,13-14,18-19,22,24,26,29,31H,2,7,11-12,15-17,20-21H2,1,3-6H3,(H,36,40)(H,37,41). The Morgan fingerprint density at radius 3 is 2.43 bits per heavy atom. The van der Waals surface area contributed by atoms with Crippen molar-refractivity contribution in [3.8, 4) is 0 Å². The second kappa shape index (κ2) is 15.8. The average molecular weight is 595 g/mol. The van der Waals surface area contributed by atoms with Crippen molar-refractivity contribution in [2.24, 2.45) is 5.92 Å². The number of amides is 3. The Bertz CT molecular complexity index is 1230. The van der Waals surface area contributed by atoms with E-state index in [0.717, 1.165) is 43.4 Å². The third-order valence-electron chi connectivity index (χ3n) is 8.02. The number of benzene rings is 2. The van der Waals surface area contributed by atoms with Gasteiger partial charge in [-0.25, -0.2) is 0 Å². The molecule has 1 saturated heterocycles. The number of nitrogens with one attached hydrogen (secondary N) is 2. The molecule has 4 atom stereocenters. The highest BCUT2D eigenvalue weighted by Gasteiger charge is 2.37. The van der Waals surface area contributed by atoms with Crippen LogP contribution in [0.1, 0.15) is 75.2 Å². The smallest absolute Gasteiger partial charge is 0.251 e. The van der Waals surface area contributed by atoms with Gasteiger partial charge in [-0.3, -0.25) is 14.4 Å². The molecule has 0 bridgehead atoms. The van der Waals surface area contributed by atoms with Crippen molar-refractivity contribution in [3.05, 3.63) is 76.8 Å². The second-order valence-corrected chi connectivity index (χ2v) is 12.2. The van der Waals surface area contributed by atoms with Gasteiger partial charge in [-0.2, -0.15) is 0 Å². The van der Waals surface area contributed by atoms with E-state index < -0.39 is 12.1 Å². The van der Waals surface area contributed by atoms with E-state index in [2.05, 4.69) is 48.4 Å². The molecule has 0 saturated carbocycles. The lowest BCUT2D eigenvalue weighted by molar-refractivity contribution is -0.140. The number of halogens is 1. The van der Waals surface area contributed by atoms with Crippen molar-refractivity contribution in [2.75, 3.05) is 25.5 Å². The topological polar surface area (TPSA) is 81.8 Å². The number of nitrogens with zero attached hydrogens (tertiary/aromatic N) is 2. The zero-order valence-corrected chi connectivity index (χ0v) is 26.5. The summed E-state index contributed by atoms with van der Waals surface area (Å²) < 4.78 is 0. The van der Waals surface area contributed by atoms with E-state index >= 15 is 0 Å². The first-order valence-electron chi connectivity index (χ1n) is 15.1. The Balaban J connectivity index is 1.67. The molecule has 1 heterocycles. The molecule has 2 N–H and O–H groups in total. The van der Waals surface area contributed by atoms with Gasteiger partial charge in [0.2, 0.25) is 11.8 Å². The molecule has 1 fully saturated rings. The first-order valence-corrected chi connectivity index (χ1v) is 15.5. The molecular weight excluding hydrogens is 548 g/mol. The van der Waals surface area contributed by atoms with Crippen molar-refractivity contribution < 1.29 is 14.4 Å². The third-order valence-corrected chi connectivity index (χ3v) is 8.32. The summed E-state index contributed by atoms with van der Waals surface area (Å²) in [5.74, 6) is -0.476. The highest BCUT2D eigenvalue weighted by molar-refractivity contribution is 6.33. The number of hydrogen-bond acceptors (Lipinski definition) is 4. The molecule has 0 spiro atoms. The van der Waals surface area contributed by atoms with Gasteiger partial charge >= 0.3 is 0 Å². The van der Waals surface area contributed by atoms with Gasteiger partial charge in [-0.05, 0) is 82.1 Å². The first kappa shape index (κ1) is 33.2. The van der Waals surface area contributed by atoms with E-state index in [1.807, 2.05) is 32.0 Å². The van der Waals surface area contributed by atoms with Gasteiger partial charge in [-0.1, -0.05) is 60.9 Å². The minimum atomic E-state index is -0.789. The van der Waals surface area contributed by atoms with Crippen molar-refractivity contribution in [1.29, 1.82) is 0 Å². The lowest BCUT2D eigenvalue weighted by Gasteiger charge is -2.32. The molecule has 2 aromatic carbocycles. The van der Waals surface area contributed by atoms with Gasteiger partial charge in [0.05, 0.1) is 10.7 Å². The Morgan fingerprint density at radius 1 is 1.10 bits per heavy atom. The number of likely N-dealkylation sites (tertiary alicyclic amines) is 1. The molecule has 2 aromatic rings. The van der Waals surface area contributed by atoms with E-state index in [1.165, 1.54) is 5.56 Å². The van der Waals surface area contributed by atoms with Crippen LogP contribution < -0.4 is 15.5 Å². The van der Waals surface area contributed by atoms with Gasteiger partial charge in [0.25, 0.3) is 5.91 Å². The highest BCUT2D eigenvalue weighted by Crippen LogP contribution is 2.27. The lowest BCUT2D eigenvalue weighted by Crippen LogP contribution is -2.54. The molecule has 4 unspecified atom stereocenters. The normalized spacial score (nSPS) is 16.8. The SMILES string of the molecule is C=C(C)CC(NC(=O)C1CCCN1C(=O)C(C)NC(=O)c1ccc(N(C)C)c(Cl)c1)C(CCC)CCc1ccccc1. The molecule has 228 valence electrons. The van der Waals surface area contributed by atoms with E-state index in [-0.39, 0.29) is 23.8 Å². The molecular formula is C34H47ClN4O3. The maximum Gasteiger partial charge on any atom is 0.251 e. The molecule has 1 aliphatic rings. The molecule has 0 radical (unpaired) electrons. The van der Waals surface area contributed by atoms with E-state index in [0.29, 0.717) is 35.9 Å². The lowest BCUT2D eigenvalue weighted by atomic mass is 9.85. The summed E-state index contributed by atoms with van der Waals surface area (Å²) in [5.41, 5.74) is 3.49. The van der Waals surface area contributed by atoms with Gasteiger partial charge in [-0.15, -0.1) is 6.58 Å². The molecule has 0 aromatic heterocycles. The number of aryl methyl sites for hydroxylation is 1. The van der Waals surface area contributed by atoms with Gasteiger partial charge in [0, 0.05) is 32.2 Å². The monoisotopic (exact) mass is 594 g/mol. The Kier molecular flexibility index (Phi) is 12.5. The summed E-state index contributed by atoms with van der Waals surface area (Å²) in [6.45, 7) is 10.4. The molecule has 3 rings (SSSR count). The van der Waals surface area contributed by atoms with Crippen LogP contribution in [0.3, 0.4) is 0 Å². The largest absolute Gasteiger partial charge is 0.376 e. The van der Waals surface area contributed by atoms with Crippen LogP contribution in [0.2, 0.25) is 5.02 Å². The predicted molar refractivity (Wildman–Crippen MR) is 172 cm³/mol. The van der Waals surface area contributed by atoms with Gasteiger partial charge in [0.15, 0.2) is 0 Å². The van der Waals surface area contributed by atoms with E-state index in [4.69, 9.17) is 11.6 Å². The van der Waals surface area contributed by atoms with E-state index in [1.54, 1.807) is 30.0 Å². The fourth-order valence-corrected chi connectivity index (χ4v) is 6.16. The van der Waals surface area contributed by atoms with E-state index in [9.17, 15) is 14.4 Å². The summed E-state index contributed by atoms with van der Waals surface area (Å²) in [7, 11) is 3.75. The third kappa shape index (κ3) is 9.09. The minimum absolute atomic E-state index is 0.0526. The molecule has 0 aliphatic carbocycles. The summed E-state index contributed by atoms with van der Waals surface area (Å²) in [6, 6.07) is 14.1. The van der Waals surface area contributed by atoms with Crippen molar-refractivity contribution in [3.63, 3.8) is 0 Å². The quantitative estimate of drug-likeness (QED) is 0.262. The molecule has 3 amide bonds. The number of anilines is 1. The number of carbonyl (C=O) groups excluding carboxylic acids is 3. The summed E-state index contributed by atoms with van der Waals surface area (Å²) in [5, 5.41) is 6.58. The molecule has 8 heteroatoms. The molecule has 1 aliphatic heterocycles. The second-order valence-electron chi connectivity index (χ2n) is 11.8. The van der Waals surface area contributed by atoms with Crippen LogP contribution in [-0.4, -0.2) is 61.4 Å². The number of rotatable bonds is 14. The number of hydrogen-bond donors (Lipinski definition) is 2. The van der Waals surface area contributed by atoms with Gasteiger partial charge in [0.1, 0.15) is 12.1 Å². The number of carbonyl (C=O) groups is 3. The minimum Gasteiger partial charge on any atom is -0.376 e. The Hall–Kier alpha value is -3.32. The molecule has 7 nitrogen and oxygen atoms in total. The fourth-order valence-electron chi connectivity index (χ4n) is 5.81. The zero-order chi connectivity index (χ0) is 30.8. The maximum atomic E-state index is 13.7. The summed E-state index contributed by atoms with van der Waals surface area (Å²) in [6.07, 6.45) is 5.98. The van der Waals surface area contributed by atoms with Crippen LogP contribution >= 0.6 is 11.6 Å². The highest BCUT2D eigenvalue weighted by atomic mass is 35.5. The van der Waals surface area contributed by atoms with Crippen molar-refractivity contribution in [2.45, 2.75) is 83.8 Å². The average Bonchev–Trinajstić information content (AvgIpc) is 3.44.